The number of rotatable bonds is 9. The zero-order chi connectivity index (χ0) is 20.4. The van der Waals surface area contributed by atoms with Gasteiger partial charge in [0.25, 0.3) is 11.8 Å². The molecule has 0 heterocycles. The Bertz CT molecular complexity index is 674. The van der Waals surface area contributed by atoms with E-state index < -0.39 is 30.6 Å². The van der Waals surface area contributed by atoms with E-state index in [9.17, 15) is 14.4 Å². The average Bonchev–Trinajstić information content (AvgIpc) is 2.63. The van der Waals surface area contributed by atoms with Crippen molar-refractivity contribution < 1.29 is 18.5 Å². The lowest BCUT2D eigenvalue weighted by Gasteiger charge is -2.17. The van der Waals surface area contributed by atoms with Crippen molar-refractivity contribution in [2.75, 3.05) is 16.8 Å². The summed E-state index contributed by atoms with van der Waals surface area (Å²) in [5, 5.41) is 4.77. The fraction of sp³-hybridized carbons (Fsp3) is 0.400. The van der Waals surface area contributed by atoms with Crippen molar-refractivity contribution >= 4 is 45.0 Å². The van der Waals surface area contributed by atoms with Crippen molar-refractivity contribution in [2.24, 2.45) is 5.84 Å². The molecule has 9 heteroatoms. The van der Waals surface area contributed by atoms with Gasteiger partial charge in [0.05, 0.1) is 11.3 Å². The third kappa shape index (κ3) is 6.81. The second-order valence-electron chi connectivity index (χ2n) is 4.64. The smallest absolute Gasteiger partial charge is 0.257 e. The number of anilines is 1. The fourth-order valence-electron chi connectivity index (χ4n) is 1.69. The van der Waals surface area contributed by atoms with Crippen LogP contribution in [0.3, 0.4) is 0 Å². The molecule has 0 aliphatic carbocycles. The van der Waals surface area contributed by atoms with Crippen LogP contribution in [-0.4, -0.2) is 35.3 Å². The quantitative estimate of drug-likeness (QED) is 0.172. The molecule has 0 saturated carbocycles. The fourth-order valence-corrected chi connectivity index (χ4v) is 3.99. The number of hydrazine groups is 1. The predicted molar refractivity (Wildman–Crippen MR) is 99.5 cm³/mol. The van der Waals surface area contributed by atoms with E-state index in [2.05, 4.69) is 10.6 Å². The molecule has 1 aromatic carbocycles. The monoisotopic (exact) mass is 373 g/mol. The molecule has 3 amide bonds. The molecule has 1 rings (SSSR count). The summed E-state index contributed by atoms with van der Waals surface area (Å²) in [5.74, 6) is 3.98. The SMILES string of the molecule is [2H]C([2H])([2H])C(=O)Nc1ccccc1C(=O)NC(CSSCCC)C(=O)NN. The van der Waals surface area contributed by atoms with Crippen LogP contribution >= 0.6 is 21.6 Å². The van der Waals surface area contributed by atoms with Gasteiger partial charge in [0.15, 0.2) is 0 Å². The molecule has 0 aromatic heterocycles. The van der Waals surface area contributed by atoms with Crippen LogP contribution in [0.15, 0.2) is 24.3 Å². The summed E-state index contributed by atoms with van der Waals surface area (Å²) in [6.45, 7) is -0.817. The van der Waals surface area contributed by atoms with Crippen molar-refractivity contribution in [1.29, 1.82) is 0 Å². The van der Waals surface area contributed by atoms with Gasteiger partial charge in [-0.05, 0) is 18.6 Å². The lowest BCUT2D eigenvalue weighted by atomic mass is 10.1. The van der Waals surface area contributed by atoms with Gasteiger partial charge in [-0.25, -0.2) is 5.84 Å². The van der Waals surface area contributed by atoms with E-state index in [1.54, 1.807) is 22.9 Å². The predicted octanol–water partition coefficient (Wildman–Crippen LogP) is 1.52. The van der Waals surface area contributed by atoms with Crippen LogP contribution in [0.4, 0.5) is 5.69 Å². The molecule has 1 atom stereocenters. The van der Waals surface area contributed by atoms with Crippen LogP contribution in [0, 0.1) is 0 Å². The zero-order valence-corrected chi connectivity index (χ0v) is 14.8. The summed E-state index contributed by atoms with van der Waals surface area (Å²) >= 11 is 0. The third-order valence-corrected chi connectivity index (χ3v) is 5.41. The van der Waals surface area contributed by atoms with Gasteiger partial charge in [0.1, 0.15) is 6.04 Å². The largest absolute Gasteiger partial charge is 0.339 e. The van der Waals surface area contributed by atoms with Crippen molar-refractivity contribution in [3.05, 3.63) is 29.8 Å². The number of hydrogen-bond acceptors (Lipinski definition) is 6. The minimum atomic E-state index is -2.85. The van der Waals surface area contributed by atoms with Gasteiger partial charge in [0, 0.05) is 22.5 Å². The molecule has 0 bridgehead atoms. The molecule has 0 spiro atoms. The Morgan fingerprint density at radius 1 is 1.29 bits per heavy atom. The Hall–Kier alpha value is -1.71. The van der Waals surface area contributed by atoms with E-state index in [0.717, 1.165) is 12.2 Å². The Morgan fingerprint density at radius 2 is 2.04 bits per heavy atom. The number of amides is 3. The maximum absolute atomic E-state index is 12.6. The molecular formula is C15H22N4O3S2. The lowest BCUT2D eigenvalue weighted by Crippen LogP contribution is -2.50. The Labute approximate surface area is 153 Å². The number of nitrogens with one attached hydrogen (secondary N) is 3. The maximum Gasteiger partial charge on any atom is 0.257 e. The minimum absolute atomic E-state index is 0.0380. The molecule has 0 aliphatic rings. The van der Waals surface area contributed by atoms with E-state index in [1.807, 2.05) is 12.3 Å². The van der Waals surface area contributed by atoms with E-state index in [4.69, 9.17) is 9.95 Å². The Morgan fingerprint density at radius 3 is 2.71 bits per heavy atom. The highest BCUT2D eigenvalue weighted by molar-refractivity contribution is 8.76. The highest BCUT2D eigenvalue weighted by Crippen LogP contribution is 2.23. The molecule has 0 fully saturated rings. The Balaban J connectivity index is 2.89. The molecule has 0 aliphatic heterocycles. The minimum Gasteiger partial charge on any atom is -0.339 e. The first-order valence-electron chi connectivity index (χ1n) is 8.67. The highest BCUT2D eigenvalue weighted by atomic mass is 33.1. The van der Waals surface area contributed by atoms with Gasteiger partial charge in [-0.2, -0.15) is 0 Å². The van der Waals surface area contributed by atoms with Crippen LogP contribution in [0.5, 0.6) is 0 Å². The first kappa shape index (κ1) is 15.8. The van der Waals surface area contributed by atoms with Crippen LogP contribution < -0.4 is 21.9 Å². The number of hydrogen-bond donors (Lipinski definition) is 4. The highest BCUT2D eigenvalue weighted by Gasteiger charge is 2.22. The summed E-state index contributed by atoms with van der Waals surface area (Å²) in [5.41, 5.74) is 2.09. The second-order valence-corrected chi connectivity index (χ2v) is 7.27. The van der Waals surface area contributed by atoms with Crippen LogP contribution in [0.2, 0.25) is 0 Å². The van der Waals surface area contributed by atoms with E-state index in [0.29, 0.717) is 5.75 Å². The summed E-state index contributed by atoms with van der Waals surface area (Å²) < 4.78 is 21.4. The standard InChI is InChI=1S/C15H22N4O3S2/c1-3-8-23-24-9-13(15(22)19-16)18-14(21)11-6-4-5-7-12(11)17-10(2)20/h4-7,13H,3,8-9,16H2,1-2H3,(H,17,20)(H,18,21)(H,19,22)/i2D3. The second kappa shape index (κ2) is 11.0. The Kier molecular flexibility index (Phi) is 7.21. The number of benzene rings is 1. The first-order valence-corrected chi connectivity index (χ1v) is 9.65. The third-order valence-electron chi connectivity index (χ3n) is 2.79. The summed E-state index contributed by atoms with van der Waals surface area (Å²) in [6, 6.07) is 5.04. The van der Waals surface area contributed by atoms with Gasteiger partial charge in [0.2, 0.25) is 5.91 Å². The van der Waals surface area contributed by atoms with Gasteiger partial charge in [-0.15, -0.1) is 0 Å². The van der Waals surface area contributed by atoms with E-state index in [1.165, 1.54) is 22.9 Å². The molecule has 0 radical (unpaired) electrons. The summed E-state index contributed by atoms with van der Waals surface area (Å²) in [6.07, 6.45) is 0.980. The molecule has 7 nitrogen and oxygen atoms in total. The summed E-state index contributed by atoms with van der Waals surface area (Å²) in [7, 11) is 3.00. The van der Waals surface area contributed by atoms with Crippen molar-refractivity contribution in [3.8, 4) is 0 Å². The molecule has 132 valence electrons. The van der Waals surface area contributed by atoms with Gasteiger partial charge < -0.3 is 10.6 Å². The zero-order valence-electron chi connectivity index (χ0n) is 16.1. The van der Waals surface area contributed by atoms with Gasteiger partial charge >= 0.3 is 0 Å². The molecule has 1 unspecified atom stereocenters. The van der Waals surface area contributed by atoms with Crippen LogP contribution in [-0.2, 0) is 9.59 Å². The molecule has 1 aromatic rings. The number of para-hydroxylation sites is 1. The van der Waals surface area contributed by atoms with Gasteiger partial charge in [-0.1, -0.05) is 40.6 Å². The molecular weight excluding hydrogens is 348 g/mol. The number of carbonyl (C=O) groups is 3. The first-order chi connectivity index (χ1) is 12.7. The number of carbonyl (C=O) groups excluding carboxylic acids is 3. The molecule has 0 saturated heterocycles. The molecule has 24 heavy (non-hydrogen) atoms. The average molecular weight is 374 g/mol. The van der Waals surface area contributed by atoms with Crippen molar-refractivity contribution in [2.45, 2.75) is 26.2 Å². The maximum atomic E-state index is 12.6. The van der Waals surface area contributed by atoms with Gasteiger partial charge in [-0.3, -0.25) is 19.8 Å². The van der Waals surface area contributed by atoms with E-state index in [-0.39, 0.29) is 11.3 Å². The lowest BCUT2D eigenvalue weighted by molar-refractivity contribution is -0.122. The van der Waals surface area contributed by atoms with Crippen LogP contribution in [0.1, 0.15) is 34.7 Å². The van der Waals surface area contributed by atoms with Crippen molar-refractivity contribution in [3.63, 3.8) is 0 Å². The van der Waals surface area contributed by atoms with Crippen molar-refractivity contribution in [1.82, 2.24) is 10.7 Å². The normalized spacial score (nSPS) is 13.8. The molecule has 5 N–H and O–H groups in total. The topological polar surface area (TPSA) is 113 Å². The van der Waals surface area contributed by atoms with E-state index >= 15 is 0 Å². The van der Waals surface area contributed by atoms with Crippen LogP contribution in [0.25, 0.3) is 0 Å². The number of nitrogens with two attached hydrogens (primary N) is 1. The summed E-state index contributed by atoms with van der Waals surface area (Å²) in [4.78, 5) is 36.2.